The highest BCUT2D eigenvalue weighted by molar-refractivity contribution is 7.89. The monoisotopic (exact) mass is 463 g/mol. The zero-order valence-corrected chi connectivity index (χ0v) is 20.6. The van der Waals surface area contributed by atoms with Gasteiger partial charge in [0, 0.05) is 46.1 Å². The third-order valence-corrected chi connectivity index (χ3v) is 8.33. The van der Waals surface area contributed by atoms with Crippen LogP contribution in [0.5, 0.6) is 0 Å². The molecule has 1 aliphatic rings. The van der Waals surface area contributed by atoms with Crippen molar-refractivity contribution >= 4 is 27.0 Å². The van der Waals surface area contributed by atoms with Gasteiger partial charge in [-0.05, 0) is 50.0 Å². The summed E-state index contributed by atoms with van der Waals surface area (Å²) < 4.78 is 29.0. The maximum Gasteiger partial charge on any atom is 0.243 e. The molecular formula is C23H37N5O3S. The number of aromatic nitrogens is 2. The number of sulfonamides is 1. The Morgan fingerprint density at radius 1 is 1.22 bits per heavy atom. The van der Waals surface area contributed by atoms with Gasteiger partial charge in [0.1, 0.15) is 5.82 Å². The first-order chi connectivity index (χ1) is 15.3. The van der Waals surface area contributed by atoms with Gasteiger partial charge in [-0.25, -0.2) is 13.4 Å². The fraction of sp³-hybridized carbons (Fsp3) is 0.652. The quantitative estimate of drug-likeness (QED) is 0.553. The molecule has 0 aliphatic carbocycles. The fourth-order valence-electron chi connectivity index (χ4n) is 4.40. The molecule has 1 N–H and O–H groups in total. The van der Waals surface area contributed by atoms with E-state index < -0.39 is 10.0 Å². The number of carbonyl (C=O) groups is 1. The molecule has 8 nitrogen and oxygen atoms in total. The minimum absolute atomic E-state index is 0.0233. The van der Waals surface area contributed by atoms with E-state index in [1.54, 1.807) is 18.2 Å². The summed E-state index contributed by atoms with van der Waals surface area (Å²) in [4.78, 5) is 19.7. The van der Waals surface area contributed by atoms with Crippen molar-refractivity contribution in [2.45, 2.75) is 51.3 Å². The number of imidazole rings is 1. The molecule has 1 atom stereocenters. The minimum atomic E-state index is -3.53. The van der Waals surface area contributed by atoms with Crippen LogP contribution >= 0.6 is 0 Å². The first-order valence-electron chi connectivity index (χ1n) is 11.7. The number of likely N-dealkylation sites (tertiary alicyclic amines) is 1. The van der Waals surface area contributed by atoms with Gasteiger partial charge in [0.25, 0.3) is 0 Å². The van der Waals surface area contributed by atoms with Crippen LogP contribution in [-0.4, -0.2) is 72.3 Å². The number of fused-ring (bicyclic) bond motifs is 1. The molecule has 1 aromatic heterocycles. The number of benzene rings is 1. The summed E-state index contributed by atoms with van der Waals surface area (Å²) in [6, 6.07) is 5.06. The van der Waals surface area contributed by atoms with Crippen LogP contribution in [0.15, 0.2) is 23.1 Å². The normalized spacial score (nSPS) is 16.2. The van der Waals surface area contributed by atoms with Gasteiger partial charge in [-0.2, -0.15) is 4.31 Å². The largest absolute Gasteiger partial charge is 0.356 e. The van der Waals surface area contributed by atoms with Crippen molar-refractivity contribution in [2.24, 2.45) is 13.0 Å². The number of nitrogens with one attached hydrogen (secondary N) is 1. The zero-order valence-electron chi connectivity index (χ0n) is 19.8. The van der Waals surface area contributed by atoms with E-state index in [1.165, 1.54) is 30.2 Å². The lowest BCUT2D eigenvalue weighted by Gasteiger charge is -2.20. The summed E-state index contributed by atoms with van der Waals surface area (Å²) in [5, 5.41) is 3.05. The second kappa shape index (κ2) is 10.8. The Labute approximate surface area is 192 Å². The molecule has 178 valence electrons. The lowest BCUT2D eigenvalue weighted by Crippen LogP contribution is -2.34. The Morgan fingerprint density at radius 3 is 2.56 bits per heavy atom. The van der Waals surface area contributed by atoms with Crippen molar-refractivity contribution in [1.82, 2.24) is 24.1 Å². The molecule has 1 aromatic carbocycles. The minimum Gasteiger partial charge on any atom is -0.356 e. The van der Waals surface area contributed by atoms with Crippen molar-refractivity contribution in [1.29, 1.82) is 0 Å². The third kappa shape index (κ3) is 5.68. The molecule has 2 aromatic rings. The van der Waals surface area contributed by atoms with Crippen molar-refractivity contribution in [3.8, 4) is 0 Å². The second-order valence-electron chi connectivity index (χ2n) is 8.74. The summed E-state index contributed by atoms with van der Waals surface area (Å²) in [6.45, 7) is 10.7. The number of hydrogen-bond acceptors (Lipinski definition) is 5. The van der Waals surface area contributed by atoms with Crippen LogP contribution in [0.2, 0.25) is 0 Å². The smallest absolute Gasteiger partial charge is 0.243 e. The van der Waals surface area contributed by atoms with E-state index >= 15 is 0 Å². The first kappa shape index (κ1) is 24.7. The number of hydrogen-bond donors (Lipinski definition) is 1. The molecule has 9 heteroatoms. The Kier molecular flexibility index (Phi) is 8.30. The van der Waals surface area contributed by atoms with Crippen LogP contribution in [0.4, 0.5) is 0 Å². The Hall–Kier alpha value is -1.97. The number of carbonyl (C=O) groups excluding carboxylic acids is 1. The predicted octanol–water partition coefficient (Wildman–Crippen LogP) is 2.38. The maximum absolute atomic E-state index is 12.8. The molecule has 1 unspecified atom stereocenters. The standard InChI is InChI=1S/C23H37N5O3S/c1-5-28(6-2)32(30,31)19-9-10-21-20(15-19)25-22(26(21)4)11-12-23(29)24-16-18(3)17-27-13-7-8-14-27/h9-10,15,18H,5-8,11-14,16-17H2,1-4H3,(H,24,29). The summed E-state index contributed by atoms with van der Waals surface area (Å²) in [6.07, 6.45) is 3.42. The van der Waals surface area contributed by atoms with Gasteiger partial charge in [-0.3, -0.25) is 4.79 Å². The lowest BCUT2D eigenvalue weighted by atomic mass is 10.1. The first-order valence-corrected chi connectivity index (χ1v) is 13.1. The van der Waals surface area contributed by atoms with E-state index in [2.05, 4.69) is 22.1 Å². The molecule has 1 fully saturated rings. The number of nitrogens with zero attached hydrogens (tertiary/aromatic N) is 4. The highest BCUT2D eigenvalue weighted by Gasteiger charge is 2.23. The highest BCUT2D eigenvalue weighted by Crippen LogP contribution is 2.22. The van der Waals surface area contributed by atoms with Gasteiger partial charge >= 0.3 is 0 Å². The number of rotatable bonds is 11. The van der Waals surface area contributed by atoms with Gasteiger partial charge in [0.15, 0.2) is 0 Å². The maximum atomic E-state index is 12.8. The number of aryl methyl sites for hydroxylation is 2. The SMILES string of the molecule is CCN(CC)S(=O)(=O)c1ccc2c(c1)nc(CCC(=O)NCC(C)CN1CCCC1)n2C. The van der Waals surface area contributed by atoms with Gasteiger partial charge in [0.05, 0.1) is 15.9 Å². The molecule has 32 heavy (non-hydrogen) atoms. The van der Waals surface area contributed by atoms with E-state index in [1.807, 2.05) is 25.5 Å². The van der Waals surface area contributed by atoms with E-state index in [9.17, 15) is 13.2 Å². The van der Waals surface area contributed by atoms with Crippen LogP contribution < -0.4 is 5.32 Å². The summed E-state index contributed by atoms with van der Waals surface area (Å²) >= 11 is 0. The van der Waals surface area contributed by atoms with Gasteiger partial charge in [-0.1, -0.05) is 20.8 Å². The fourth-order valence-corrected chi connectivity index (χ4v) is 5.88. The Balaban J connectivity index is 1.60. The van der Waals surface area contributed by atoms with Crippen molar-refractivity contribution in [3.63, 3.8) is 0 Å². The summed E-state index contributed by atoms with van der Waals surface area (Å²) in [5.74, 6) is 1.23. The average Bonchev–Trinajstić information content (AvgIpc) is 3.39. The molecular weight excluding hydrogens is 426 g/mol. The molecule has 0 radical (unpaired) electrons. The van der Waals surface area contributed by atoms with Crippen LogP contribution in [0, 0.1) is 5.92 Å². The van der Waals surface area contributed by atoms with Crippen LogP contribution in [0.25, 0.3) is 11.0 Å². The predicted molar refractivity (Wildman–Crippen MR) is 127 cm³/mol. The molecule has 0 saturated carbocycles. The average molecular weight is 464 g/mol. The molecule has 1 amide bonds. The van der Waals surface area contributed by atoms with Crippen molar-refractivity contribution < 1.29 is 13.2 Å². The van der Waals surface area contributed by atoms with Gasteiger partial charge < -0.3 is 14.8 Å². The Bertz CT molecular complexity index is 1020. The molecule has 3 rings (SSSR count). The summed E-state index contributed by atoms with van der Waals surface area (Å²) in [7, 11) is -1.63. The van der Waals surface area contributed by atoms with Crippen molar-refractivity contribution in [2.75, 3.05) is 39.3 Å². The van der Waals surface area contributed by atoms with Crippen molar-refractivity contribution in [3.05, 3.63) is 24.0 Å². The topological polar surface area (TPSA) is 87.5 Å². The second-order valence-corrected chi connectivity index (χ2v) is 10.7. The van der Waals surface area contributed by atoms with E-state index in [0.29, 0.717) is 43.9 Å². The summed E-state index contributed by atoms with van der Waals surface area (Å²) in [5.41, 5.74) is 1.49. The molecule has 0 spiro atoms. The van der Waals surface area contributed by atoms with E-state index in [0.717, 1.165) is 17.9 Å². The van der Waals surface area contributed by atoms with E-state index in [-0.39, 0.29) is 10.8 Å². The van der Waals surface area contributed by atoms with Crippen LogP contribution in [-0.2, 0) is 28.3 Å². The Morgan fingerprint density at radius 2 is 1.91 bits per heavy atom. The van der Waals surface area contributed by atoms with Gasteiger partial charge in [0.2, 0.25) is 15.9 Å². The molecule has 0 bridgehead atoms. The van der Waals surface area contributed by atoms with Crippen LogP contribution in [0.1, 0.15) is 45.9 Å². The molecule has 1 saturated heterocycles. The third-order valence-electron chi connectivity index (χ3n) is 6.28. The van der Waals surface area contributed by atoms with Crippen LogP contribution in [0.3, 0.4) is 0 Å². The number of amides is 1. The van der Waals surface area contributed by atoms with Gasteiger partial charge in [-0.15, -0.1) is 0 Å². The zero-order chi connectivity index (χ0) is 23.3. The highest BCUT2D eigenvalue weighted by atomic mass is 32.2. The molecule has 1 aliphatic heterocycles. The van der Waals surface area contributed by atoms with E-state index in [4.69, 9.17) is 0 Å². The lowest BCUT2D eigenvalue weighted by molar-refractivity contribution is -0.121. The molecule has 2 heterocycles.